The molecule has 0 unspecified atom stereocenters. The summed E-state index contributed by atoms with van der Waals surface area (Å²) < 4.78 is 50.4. The normalized spacial score (nSPS) is 13.8. The van der Waals surface area contributed by atoms with Crippen LogP contribution in [0.2, 0.25) is 0 Å². The summed E-state index contributed by atoms with van der Waals surface area (Å²) in [5, 5.41) is 0. The summed E-state index contributed by atoms with van der Waals surface area (Å²) in [6.07, 6.45) is 5.44. The number of hydrogen-bond acceptors (Lipinski definition) is 1. The molecule has 180 valence electrons. The SMILES string of the molecule is CCCCCCCc1ccc2c(c1F)OC(F)(F)c1cc(-c3ccc(CCCC)cc3)ccc1-2. The van der Waals surface area contributed by atoms with Gasteiger partial charge >= 0.3 is 6.11 Å². The van der Waals surface area contributed by atoms with Gasteiger partial charge in [0, 0.05) is 5.56 Å². The molecular weight excluding hydrogens is 433 g/mol. The van der Waals surface area contributed by atoms with Gasteiger partial charge in [-0.25, -0.2) is 4.39 Å². The van der Waals surface area contributed by atoms with Crippen LogP contribution in [-0.4, -0.2) is 0 Å². The molecule has 0 N–H and O–H groups in total. The number of halogens is 3. The minimum absolute atomic E-state index is 0.223. The van der Waals surface area contributed by atoms with E-state index < -0.39 is 11.9 Å². The van der Waals surface area contributed by atoms with E-state index in [1.165, 1.54) is 11.6 Å². The number of alkyl halides is 2. The van der Waals surface area contributed by atoms with Crippen molar-refractivity contribution in [2.75, 3.05) is 0 Å². The first-order valence-electron chi connectivity index (χ1n) is 12.6. The molecule has 1 aliphatic rings. The fourth-order valence-electron chi connectivity index (χ4n) is 4.65. The number of rotatable bonds is 10. The van der Waals surface area contributed by atoms with Crippen molar-refractivity contribution in [2.24, 2.45) is 0 Å². The molecule has 0 amide bonds. The number of aryl methyl sites for hydroxylation is 2. The predicted molar refractivity (Wildman–Crippen MR) is 133 cm³/mol. The van der Waals surface area contributed by atoms with Gasteiger partial charge in [-0.15, -0.1) is 0 Å². The van der Waals surface area contributed by atoms with Crippen molar-refractivity contribution in [3.63, 3.8) is 0 Å². The molecule has 0 spiro atoms. The summed E-state index contributed by atoms with van der Waals surface area (Å²) in [6.45, 7) is 4.30. The summed E-state index contributed by atoms with van der Waals surface area (Å²) in [7, 11) is 0. The van der Waals surface area contributed by atoms with Crippen LogP contribution in [0.25, 0.3) is 22.3 Å². The van der Waals surface area contributed by atoms with Crippen LogP contribution in [0.1, 0.15) is 75.5 Å². The van der Waals surface area contributed by atoms with Gasteiger partial charge in [-0.3, -0.25) is 0 Å². The molecule has 1 nitrogen and oxygen atoms in total. The average molecular weight is 467 g/mol. The van der Waals surface area contributed by atoms with E-state index in [-0.39, 0.29) is 11.3 Å². The van der Waals surface area contributed by atoms with Gasteiger partial charge in [0.15, 0.2) is 11.6 Å². The molecule has 3 aromatic carbocycles. The van der Waals surface area contributed by atoms with Gasteiger partial charge in [0.1, 0.15) is 0 Å². The van der Waals surface area contributed by atoms with Gasteiger partial charge in [-0.2, -0.15) is 8.78 Å². The third-order valence-corrected chi connectivity index (χ3v) is 6.69. The lowest BCUT2D eigenvalue weighted by atomic mass is 9.90. The van der Waals surface area contributed by atoms with E-state index in [1.54, 1.807) is 18.2 Å². The Hall–Kier alpha value is -2.75. The fraction of sp³-hybridized carbons (Fsp3) is 0.400. The second-order valence-corrected chi connectivity index (χ2v) is 9.26. The Morgan fingerprint density at radius 2 is 1.38 bits per heavy atom. The Labute approximate surface area is 201 Å². The van der Waals surface area contributed by atoms with Crippen LogP contribution >= 0.6 is 0 Å². The smallest absolute Gasteiger partial charge is 0.425 e. The van der Waals surface area contributed by atoms with E-state index in [2.05, 4.69) is 13.8 Å². The van der Waals surface area contributed by atoms with Crippen molar-refractivity contribution in [1.82, 2.24) is 0 Å². The summed E-state index contributed by atoms with van der Waals surface area (Å²) in [5.41, 5.74) is 3.72. The number of fused-ring (bicyclic) bond motifs is 3. The first-order chi connectivity index (χ1) is 16.4. The number of hydrogen-bond donors (Lipinski definition) is 0. The molecular formula is C30H33F3O. The van der Waals surface area contributed by atoms with E-state index in [0.717, 1.165) is 56.9 Å². The van der Waals surface area contributed by atoms with Gasteiger partial charge in [-0.05, 0) is 59.6 Å². The highest BCUT2D eigenvalue weighted by molar-refractivity contribution is 5.80. The van der Waals surface area contributed by atoms with E-state index in [0.29, 0.717) is 28.7 Å². The highest BCUT2D eigenvalue weighted by atomic mass is 19.3. The summed E-state index contributed by atoms with van der Waals surface area (Å²) in [4.78, 5) is 0. The molecule has 1 heterocycles. The zero-order chi connectivity index (χ0) is 24.1. The second-order valence-electron chi connectivity index (χ2n) is 9.26. The Kier molecular flexibility index (Phi) is 7.65. The molecule has 0 atom stereocenters. The van der Waals surface area contributed by atoms with Gasteiger partial charge in [-0.1, -0.05) is 94.5 Å². The lowest BCUT2D eigenvalue weighted by Gasteiger charge is -2.29. The lowest BCUT2D eigenvalue weighted by Crippen LogP contribution is -2.27. The van der Waals surface area contributed by atoms with E-state index in [1.807, 2.05) is 30.3 Å². The molecule has 0 radical (unpaired) electrons. The molecule has 4 heteroatoms. The number of ether oxygens (including phenoxy) is 1. The van der Waals surface area contributed by atoms with Crippen molar-refractivity contribution in [3.05, 3.63) is 77.1 Å². The molecule has 3 aromatic rings. The standard InChI is InChI=1S/C30H33F3O/c1-3-5-7-8-9-11-23-16-19-26-25-18-17-24(22-14-12-21(13-15-22)10-6-4-2)20-27(25)30(32,33)34-29(26)28(23)31/h12-20H,3-11H2,1-2H3. The summed E-state index contributed by atoms with van der Waals surface area (Å²) >= 11 is 0. The van der Waals surface area contributed by atoms with Crippen molar-refractivity contribution < 1.29 is 17.9 Å². The van der Waals surface area contributed by atoms with Crippen molar-refractivity contribution in [1.29, 1.82) is 0 Å². The van der Waals surface area contributed by atoms with E-state index in [9.17, 15) is 0 Å². The Morgan fingerprint density at radius 3 is 2.12 bits per heavy atom. The molecule has 0 aromatic heterocycles. The van der Waals surface area contributed by atoms with E-state index >= 15 is 13.2 Å². The maximum atomic E-state index is 15.2. The van der Waals surface area contributed by atoms with Crippen molar-refractivity contribution in [2.45, 2.75) is 77.7 Å². The molecule has 34 heavy (non-hydrogen) atoms. The monoisotopic (exact) mass is 466 g/mol. The number of unbranched alkanes of at least 4 members (excludes halogenated alkanes) is 5. The third kappa shape index (κ3) is 5.16. The maximum absolute atomic E-state index is 15.2. The summed E-state index contributed by atoms with van der Waals surface area (Å²) in [6, 6.07) is 16.4. The fourth-order valence-corrected chi connectivity index (χ4v) is 4.65. The molecule has 0 saturated carbocycles. The first-order valence-corrected chi connectivity index (χ1v) is 12.6. The molecule has 0 saturated heterocycles. The molecule has 4 rings (SSSR count). The number of benzene rings is 3. The van der Waals surface area contributed by atoms with Crippen LogP contribution in [0, 0.1) is 5.82 Å². The highest BCUT2D eigenvalue weighted by Crippen LogP contribution is 2.49. The summed E-state index contributed by atoms with van der Waals surface area (Å²) in [5.74, 6) is -0.998. The van der Waals surface area contributed by atoms with E-state index in [4.69, 9.17) is 4.74 Å². The van der Waals surface area contributed by atoms with Crippen LogP contribution in [0.5, 0.6) is 5.75 Å². The second kappa shape index (κ2) is 10.7. The molecule has 1 aliphatic heterocycles. The topological polar surface area (TPSA) is 9.23 Å². The lowest BCUT2D eigenvalue weighted by molar-refractivity contribution is -0.188. The first kappa shape index (κ1) is 24.4. The van der Waals surface area contributed by atoms with Crippen LogP contribution in [0.15, 0.2) is 54.6 Å². The molecule has 0 aliphatic carbocycles. The zero-order valence-corrected chi connectivity index (χ0v) is 20.1. The van der Waals surface area contributed by atoms with Gasteiger partial charge in [0.25, 0.3) is 0 Å². The molecule has 0 bridgehead atoms. The predicted octanol–water partition coefficient (Wildman–Crippen LogP) is 9.46. The van der Waals surface area contributed by atoms with Gasteiger partial charge in [0.2, 0.25) is 0 Å². The minimum Gasteiger partial charge on any atom is -0.425 e. The van der Waals surface area contributed by atoms with Crippen LogP contribution in [0.4, 0.5) is 13.2 Å². The quantitative estimate of drug-likeness (QED) is 0.270. The van der Waals surface area contributed by atoms with Crippen molar-refractivity contribution in [3.8, 4) is 28.0 Å². The molecule has 0 fully saturated rings. The van der Waals surface area contributed by atoms with Crippen molar-refractivity contribution >= 4 is 0 Å². The maximum Gasteiger partial charge on any atom is 0.427 e. The third-order valence-electron chi connectivity index (χ3n) is 6.69. The van der Waals surface area contributed by atoms with Gasteiger partial charge < -0.3 is 4.74 Å². The van der Waals surface area contributed by atoms with Crippen LogP contribution in [0.3, 0.4) is 0 Å². The Balaban J connectivity index is 1.61. The zero-order valence-electron chi connectivity index (χ0n) is 20.1. The highest BCUT2D eigenvalue weighted by Gasteiger charge is 2.43. The van der Waals surface area contributed by atoms with Crippen LogP contribution in [-0.2, 0) is 19.0 Å². The average Bonchev–Trinajstić information content (AvgIpc) is 2.84. The Bertz CT molecular complexity index is 1120. The van der Waals surface area contributed by atoms with Gasteiger partial charge in [0.05, 0.1) is 5.56 Å². The largest absolute Gasteiger partial charge is 0.427 e. The minimum atomic E-state index is -3.60. The van der Waals surface area contributed by atoms with Crippen LogP contribution < -0.4 is 4.74 Å². The Morgan fingerprint density at radius 1 is 0.706 bits per heavy atom.